The summed E-state index contributed by atoms with van der Waals surface area (Å²) in [6, 6.07) is 0.376. The molecular formula is C18H33F2IN6O. The first-order valence-electron chi connectivity index (χ1n) is 9.65. The second kappa shape index (κ2) is 13.3. The smallest absolute Gasteiger partial charge is 0.319 e. The summed E-state index contributed by atoms with van der Waals surface area (Å²) in [7, 11) is 0. The molecule has 1 atom stereocenters. The van der Waals surface area contributed by atoms with Gasteiger partial charge in [-0.1, -0.05) is 13.8 Å². The number of ether oxygens (including phenoxy) is 1. The summed E-state index contributed by atoms with van der Waals surface area (Å²) >= 11 is 0. The molecule has 1 aliphatic rings. The molecule has 1 unspecified atom stereocenters. The Balaban J connectivity index is 0.00000392. The van der Waals surface area contributed by atoms with Gasteiger partial charge >= 0.3 is 6.55 Å². The van der Waals surface area contributed by atoms with Gasteiger partial charge in [-0.05, 0) is 19.3 Å². The van der Waals surface area contributed by atoms with Crippen LogP contribution in [-0.2, 0) is 11.3 Å². The van der Waals surface area contributed by atoms with Crippen LogP contribution in [-0.4, -0.2) is 65.8 Å². The van der Waals surface area contributed by atoms with Crippen LogP contribution in [0.3, 0.4) is 0 Å². The highest BCUT2D eigenvalue weighted by Gasteiger charge is 2.22. The van der Waals surface area contributed by atoms with Crippen molar-refractivity contribution in [1.82, 2.24) is 25.1 Å². The molecule has 0 amide bonds. The van der Waals surface area contributed by atoms with Gasteiger partial charge in [0.1, 0.15) is 12.4 Å². The van der Waals surface area contributed by atoms with Crippen molar-refractivity contribution in [3.05, 3.63) is 18.2 Å². The Morgan fingerprint density at radius 3 is 2.61 bits per heavy atom. The third-order valence-corrected chi connectivity index (χ3v) is 4.49. The molecule has 0 radical (unpaired) electrons. The van der Waals surface area contributed by atoms with Crippen LogP contribution < -0.4 is 10.6 Å². The molecule has 0 aliphatic carbocycles. The molecule has 0 saturated carbocycles. The number of aromatic nitrogens is 2. The van der Waals surface area contributed by atoms with Crippen LogP contribution in [0.2, 0.25) is 0 Å². The molecular weight excluding hydrogens is 481 g/mol. The van der Waals surface area contributed by atoms with Crippen molar-refractivity contribution in [1.29, 1.82) is 0 Å². The highest BCUT2D eigenvalue weighted by molar-refractivity contribution is 14.0. The third-order valence-electron chi connectivity index (χ3n) is 4.49. The molecule has 0 aromatic carbocycles. The van der Waals surface area contributed by atoms with Crippen LogP contribution in [0, 0.1) is 5.92 Å². The second-order valence-corrected chi connectivity index (χ2v) is 7.04. The van der Waals surface area contributed by atoms with Crippen LogP contribution >= 0.6 is 24.0 Å². The summed E-state index contributed by atoms with van der Waals surface area (Å²) in [5.41, 5.74) is 0. The van der Waals surface area contributed by atoms with Gasteiger partial charge in [0.15, 0.2) is 5.96 Å². The Bertz CT molecular complexity index is 578. The quantitative estimate of drug-likeness (QED) is 0.302. The lowest BCUT2D eigenvalue weighted by Gasteiger charge is -2.35. The van der Waals surface area contributed by atoms with Crippen molar-refractivity contribution in [3.63, 3.8) is 0 Å². The van der Waals surface area contributed by atoms with Crippen LogP contribution in [0.5, 0.6) is 0 Å². The van der Waals surface area contributed by atoms with Crippen LogP contribution in [0.4, 0.5) is 8.78 Å². The average molecular weight is 514 g/mol. The van der Waals surface area contributed by atoms with Gasteiger partial charge in [0.05, 0.1) is 13.2 Å². The summed E-state index contributed by atoms with van der Waals surface area (Å²) in [6.45, 7) is 8.73. The number of alkyl halides is 2. The maximum Gasteiger partial charge on any atom is 0.319 e. The van der Waals surface area contributed by atoms with Crippen molar-refractivity contribution in [2.45, 2.75) is 46.3 Å². The fourth-order valence-electron chi connectivity index (χ4n) is 3.20. The molecule has 1 aromatic heterocycles. The molecule has 2 rings (SSSR count). The fourth-order valence-corrected chi connectivity index (χ4v) is 3.20. The van der Waals surface area contributed by atoms with Gasteiger partial charge in [-0.25, -0.2) is 9.98 Å². The molecule has 1 aliphatic heterocycles. The Kier molecular flexibility index (Phi) is 11.8. The molecule has 1 aromatic rings. The van der Waals surface area contributed by atoms with Gasteiger partial charge in [0.25, 0.3) is 0 Å². The minimum atomic E-state index is -2.61. The van der Waals surface area contributed by atoms with E-state index in [4.69, 9.17) is 4.74 Å². The van der Waals surface area contributed by atoms with Gasteiger partial charge in [0, 0.05) is 44.6 Å². The van der Waals surface area contributed by atoms with Crippen molar-refractivity contribution >= 4 is 29.9 Å². The molecule has 28 heavy (non-hydrogen) atoms. The lowest BCUT2D eigenvalue weighted by atomic mass is 10.0. The number of nitrogens with one attached hydrogen (secondary N) is 2. The largest absolute Gasteiger partial charge is 0.379 e. The summed E-state index contributed by atoms with van der Waals surface area (Å²) < 4.78 is 32.2. The molecule has 2 N–H and O–H groups in total. The van der Waals surface area contributed by atoms with E-state index in [1.54, 1.807) is 0 Å². The van der Waals surface area contributed by atoms with E-state index in [1.807, 2.05) is 6.92 Å². The molecule has 0 spiro atoms. The maximum atomic E-state index is 12.9. The first-order valence-corrected chi connectivity index (χ1v) is 9.65. The molecule has 10 heteroatoms. The lowest BCUT2D eigenvalue weighted by Crippen LogP contribution is -2.51. The van der Waals surface area contributed by atoms with E-state index < -0.39 is 6.55 Å². The monoisotopic (exact) mass is 514 g/mol. The molecule has 162 valence electrons. The Labute approximate surface area is 183 Å². The molecule has 0 bridgehead atoms. The van der Waals surface area contributed by atoms with E-state index in [2.05, 4.69) is 39.4 Å². The van der Waals surface area contributed by atoms with Crippen molar-refractivity contribution in [3.8, 4) is 0 Å². The fraction of sp³-hybridized carbons (Fsp3) is 0.778. The van der Waals surface area contributed by atoms with E-state index in [0.29, 0.717) is 24.5 Å². The van der Waals surface area contributed by atoms with E-state index in [9.17, 15) is 8.78 Å². The van der Waals surface area contributed by atoms with Crippen LogP contribution in [0.15, 0.2) is 17.4 Å². The Hall–Kier alpha value is -1.01. The minimum absolute atomic E-state index is 0. The number of aliphatic imine (C=N–C) groups is 1. The predicted octanol–water partition coefficient (Wildman–Crippen LogP) is 2.70. The first kappa shape index (κ1) is 25.0. The van der Waals surface area contributed by atoms with Gasteiger partial charge in [0.2, 0.25) is 0 Å². The van der Waals surface area contributed by atoms with Gasteiger partial charge in [-0.15, -0.1) is 24.0 Å². The molecule has 7 nitrogen and oxygen atoms in total. The Morgan fingerprint density at radius 2 is 2.00 bits per heavy atom. The van der Waals surface area contributed by atoms with E-state index in [1.165, 1.54) is 12.4 Å². The SMILES string of the molecule is CCNC(=NCc1nccn1C(F)F)NCC(CC(C)C)N1CCOCC1.I. The van der Waals surface area contributed by atoms with Crippen molar-refractivity contribution in [2.75, 3.05) is 39.4 Å². The van der Waals surface area contributed by atoms with E-state index in [-0.39, 0.29) is 36.3 Å². The number of hydrogen-bond donors (Lipinski definition) is 2. The van der Waals surface area contributed by atoms with Gasteiger partial charge in [-0.3, -0.25) is 9.47 Å². The summed E-state index contributed by atoms with van der Waals surface area (Å²) in [6.07, 6.45) is 3.71. The number of imidazole rings is 1. The van der Waals surface area contributed by atoms with Crippen LogP contribution in [0.1, 0.15) is 39.6 Å². The highest BCUT2D eigenvalue weighted by atomic mass is 127. The molecule has 1 saturated heterocycles. The zero-order valence-electron chi connectivity index (χ0n) is 16.9. The zero-order valence-corrected chi connectivity index (χ0v) is 19.2. The third kappa shape index (κ3) is 8.16. The Morgan fingerprint density at radius 1 is 1.29 bits per heavy atom. The number of rotatable bonds is 9. The zero-order chi connectivity index (χ0) is 19.6. The predicted molar refractivity (Wildman–Crippen MR) is 117 cm³/mol. The lowest BCUT2D eigenvalue weighted by molar-refractivity contribution is 0.0132. The standard InChI is InChI=1S/C18H32F2N6O.HI/c1-4-21-18(24-13-16-22-5-6-26(16)17(19)20)23-12-15(11-14(2)3)25-7-9-27-10-8-25;/h5-6,14-15,17H,4,7-13H2,1-3H3,(H2,21,23,24);1H. The minimum Gasteiger partial charge on any atom is -0.379 e. The maximum absolute atomic E-state index is 12.9. The average Bonchev–Trinajstić information content (AvgIpc) is 3.12. The van der Waals surface area contributed by atoms with E-state index in [0.717, 1.165) is 43.8 Å². The number of guanidine groups is 1. The number of morpholine rings is 1. The van der Waals surface area contributed by atoms with Crippen molar-refractivity contribution < 1.29 is 13.5 Å². The van der Waals surface area contributed by atoms with Crippen LogP contribution in [0.25, 0.3) is 0 Å². The van der Waals surface area contributed by atoms with Gasteiger partial charge < -0.3 is 15.4 Å². The molecule has 1 fully saturated rings. The number of hydrogen-bond acceptors (Lipinski definition) is 4. The van der Waals surface area contributed by atoms with Crippen molar-refractivity contribution in [2.24, 2.45) is 10.9 Å². The first-order chi connectivity index (χ1) is 13.0. The summed E-state index contributed by atoms with van der Waals surface area (Å²) in [5.74, 6) is 1.44. The normalized spacial score (nSPS) is 16.9. The molecule has 2 heterocycles. The topological polar surface area (TPSA) is 66.7 Å². The summed E-state index contributed by atoms with van der Waals surface area (Å²) in [4.78, 5) is 10.9. The van der Waals surface area contributed by atoms with E-state index >= 15 is 0 Å². The highest BCUT2D eigenvalue weighted by Crippen LogP contribution is 2.14. The number of halogens is 3. The summed E-state index contributed by atoms with van der Waals surface area (Å²) in [5, 5.41) is 6.54. The second-order valence-electron chi connectivity index (χ2n) is 7.04. The van der Waals surface area contributed by atoms with Gasteiger partial charge in [-0.2, -0.15) is 8.78 Å². The number of nitrogens with zero attached hydrogens (tertiary/aromatic N) is 4.